The zero-order chi connectivity index (χ0) is 22.5. The van der Waals surface area contributed by atoms with Crippen LogP contribution >= 0.6 is 0 Å². The fraction of sp³-hybridized carbons (Fsp3) is 0.600. The van der Waals surface area contributed by atoms with E-state index in [1.807, 2.05) is 0 Å². The van der Waals surface area contributed by atoms with Crippen molar-refractivity contribution in [2.24, 2.45) is 14.1 Å². The second-order valence-corrected chi connectivity index (χ2v) is 4.95. The predicted octanol–water partition coefficient (Wildman–Crippen LogP) is 0.898. The molecule has 0 saturated heterocycles. The molecule has 2 rings (SSSR count). The van der Waals surface area contributed by atoms with E-state index in [-0.39, 0.29) is 43.0 Å². The molecule has 0 amide bonds. The van der Waals surface area contributed by atoms with E-state index in [1.54, 1.807) is 0 Å². The summed E-state index contributed by atoms with van der Waals surface area (Å²) >= 11 is 0. The number of hydrogen-bond acceptors (Lipinski definition) is 3. The van der Waals surface area contributed by atoms with Gasteiger partial charge in [0.25, 0.3) is 5.56 Å². The number of fused-ring (bicyclic) bond motifs is 1. The Morgan fingerprint density at radius 2 is 2.19 bits per heavy atom. The molecule has 2 aromatic heterocycles. The number of unbranched alkanes of at least 4 members (excludes halogenated alkanes) is 1. The van der Waals surface area contributed by atoms with E-state index in [4.69, 9.17) is 11.0 Å². The number of aryl methyl sites for hydroxylation is 3. The topological polar surface area (TPSA) is 69.2 Å². The molecule has 0 aliphatic rings. The van der Waals surface area contributed by atoms with Crippen LogP contribution in [0.5, 0.6) is 0 Å². The minimum absolute atomic E-state index is 0.0234. The van der Waals surface area contributed by atoms with Crippen molar-refractivity contribution in [1.29, 1.82) is 0 Å². The third kappa shape index (κ3) is 2.81. The van der Waals surface area contributed by atoms with Gasteiger partial charge < -0.3 is 9.67 Å². The first-order valence-electron chi connectivity index (χ1n) is 10.5. The van der Waals surface area contributed by atoms with Crippen molar-refractivity contribution in [2.75, 3.05) is 0 Å². The first-order valence-corrected chi connectivity index (χ1v) is 6.54. The van der Waals surface area contributed by atoms with E-state index in [0.29, 0.717) is 0 Å². The van der Waals surface area contributed by atoms with Crippen molar-refractivity contribution in [3.05, 3.63) is 32.6 Å². The highest BCUT2D eigenvalue weighted by Crippen LogP contribution is 2.14. The highest BCUT2D eigenvalue weighted by Gasteiger charge is 2.15. The van der Waals surface area contributed by atoms with Gasteiger partial charge in [0.05, 0.1) is 14.2 Å². The molecule has 1 atom stereocenters. The quantitative estimate of drug-likeness (QED) is 0.834. The zero-order valence-corrected chi connectivity index (χ0v) is 11.9. The van der Waals surface area contributed by atoms with E-state index < -0.39 is 36.6 Å². The molecule has 0 fully saturated rings. The summed E-state index contributed by atoms with van der Waals surface area (Å²) in [5.74, 6) is 0. The smallest absolute Gasteiger partial charge is 0.332 e. The third-order valence-corrected chi connectivity index (χ3v) is 3.41. The Hall–Kier alpha value is -1.82. The summed E-state index contributed by atoms with van der Waals surface area (Å²) < 4.78 is 63.0. The summed E-state index contributed by atoms with van der Waals surface area (Å²) in [6.45, 7) is -5.77. The van der Waals surface area contributed by atoms with Crippen LogP contribution in [-0.2, 0) is 20.6 Å². The third-order valence-electron chi connectivity index (χ3n) is 3.41. The standard InChI is InChI=1S/C15H23N3O3/c1-10-9-16(3)13-12(10)14(20)18(15(21)17(13)4)8-6-5-7-11(2)19/h9,11,19H,5-8H2,1-4H3/i1D3,2D3,9D,11D. The maximum atomic E-state index is 12.9. The van der Waals surface area contributed by atoms with E-state index in [0.717, 1.165) is 9.13 Å². The second-order valence-electron chi connectivity index (χ2n) is 4.95. The molecule has 6 heteroatoms. The van der Waals surface area contributed by atoms with Crippen LogP contribution in [0, 0.1) is 6.85 Å². The average molecular weight is 301 g/mol. The molecule has 0 aromatic carbocycles. The second kappa shape index (κ2) is 5.89. The van der Waals surface area contributed by atoms with Gasteiger partial charge in [-0.2, -0.15) is 0 Å². The monoisotopic (exact) mass is 301 g/mol. The van der Waals surface area contributed by atoms with Crippen LogP contribution in [0.1, 0.15) is 42.6 Å². The molecule has 0 spiro atoms. The molecule has 21 heavy (non-hydrogen) atoms. The lowest BCUT2D eigenvalue weighted by molar-refractivity contribution is 0.180. The van der Waals surface area contributed by atoms with Gasteiger partial charge in [0.1, 0.15) is 5.65 Å². The summed E-state index contributed by atoms with van der Waals surface area (Å²) in [5.41, 5.74) is -1.97. The Bertz CT molecular complexity index is 1040. The Labute approximate surface area is 134 Å². The molecule has 2 aromatic rings. The molecule has 2 heterocycles. The summed E-state index contributed by atoms with van der Waals surface area (Å²) in [6, 6.07) is 0. The maximum Gasteiger partial charge on any atom is 0.332 e. The van der Waals surface area contributed by atoms with Crippen LogP contribution in [-0.4, -0.2) is 24.9 Å². The van der Waals surface area contributed by atoms with Gasteiger partial charge in [-0.3, -0.25) is 13.9 Å². The maximum absolute atomic E-state index is 12.9. The van der Waals surface area contributed by atoms with Crippen LogP contribution in [0.2, 0.25) is 0 Å². The Morgan fingerprint density at radius 3 is 2.86 bits per heavy atom. The van der Waals surface area contributed by atoms with Crippen molar-refractivity contribution in [2.45, 2.75) is 45.6 Å². The lowest BCUT2D eigenvalue weighted by atomic mass is 10.2. The molecule has 1 N–H and O–H groups in total. The molecular weight excluding hydrogens is 270 g/mol. The summed E-state index contributed by atoms with van der Waals surface area (Å²) in [6.07, 6.45) is -3.25. The van der Waals surface area contributed by atoms with Gasteiger partial charge >= 0.3 is 5.69 Å². The fourth-order valence-corrected chi connectivity index (χ4v) is 2.40. The lowest BCUT2D eigenvalue weighted by Crippen LogP contribution is -2.39. The van der Waals surface area contributed by atoms with Gasteiger partial charge in [-0.25, -0.2) is 4.79 Å². The highest BCUT2D eigenvalue weighted by atomic mass is 16.3. The van der Waals surface area contributed by atoms with Crippen molar-refractivity contribution < 1.29 is 16.1 Å². The SMILES string of the molecule is [2H]c1c(C([2H])([2H])[2H])c2c(=O)n(CCCCC([2H])(O)C([2H])([2H])[2H])c(=O)n(C)c2n1C. The van der Waals surface area contributed by atoms with Crippen molar-refractivity contribution in [1.82, 2.24) is 13.7 Å². The lowest BCUT2D eigenvalue weighted by Gasteiger charge is -2.10. The summed E-state index contributed by atoms with van der Waals surface area (Å²) in [4.78, 5) is 25.5. The number of nitrogens with zero attached hydrogens (tertiary/aromatic N) is 3. The summed E-state index contributed by atoms with van der Waals surface area (Å²) in [5, 5.41) is 9.45. The molecule has 0 aliphatic carbocycles. The molecule has 6 nitrogen and oxygen atoms in total. The van der Waals surface area contributed by atoms with E-state index in [2.05, 4.69) is 0 Å². The molecule has 0 radical (unpaired) electrons. The largest absolute Gasteiger partial charge is 0.393 e. The van der Waals surface area contributed by atoms with E-state index >= 15 is 0 Å². The Kier molecular flexibility index (Phi) is 2.24. The van der Waals surface area contributed by atoms with Gasteiger partial charge in [0.15, 0.2) is 0 Å². The van der Waals surface area contributed by atoms with Gasteiger partial charge in [-0.05, 0) is 38.5 Å². The molecule has 0 aliphatic heterocycles. The van der Waals surface area contributed by atoms with Gasteiger partial charge in [-0.15, -0.1) is 0 Å². The van der Waals surface area contributed by atoms with Crippen molar-refractivity contribution in [3.8, 4) is 0 Å². The Balaban J connectivity index is 2.46. The molecule has 0 bridgehead atoms. The summed E-state index contributed by atoms with van der Waals surface area (Å²) in [7, 11) is 2.76. The first kappa shape index (κ1) is 7.98. The Morgan fingerprint density at radius 1 is 1.43 bits per heavy atom. The normalized spacial score (nSPS) is 21.3. The van der Waals surface area contributed by atoms with Crippen LogP contribution in [0.3, 0.4) is 0 Å². The van der Waals surface area contributed by atoms with Gasteiger partial charge in [-0.1, -0.05) is 0 Å². The predicted molar refractivity (Wildman–Crippen MR) is 82.7 cm³/mol. The van der Waals surface area contributed by atoms with E-state index in [1.165, 1.54) is 18.7 Å². The number of aliphatic hydroxyl groups is 1. The number of rotatable bonds is 5. The number of aromatic nitrogens is 3. The van der Waals surface area contributed by atoms with Crippen LogP contribution < -0.4 is 11.2 Å². The minimum atomic E-state index is -2.89. The van der Waals surface area contributed by atoms with Crippen LogP contribution in [0.15, 0.2) is 15.8 Å². The fourth-order valence-electron chi connectivity index (χ4n) is 2.40. The van der Waals surface area contributed by atoms with Crippen LogP contribution in [0.4, 0.5) is 0 Å². The highest BCUT2D eigenvalue weighted by molar-refractivity contribution is 5.79. The molecular formula is C15H23N3O3. The van der Waals surface area contributed by atoms with Crippen LogP contribution in [0.25, 0.3) is 11.0 Å². The van der Waals surface area contributed by atoms with E-state index in [9.17, 15) is 14.7 Å². The zero-order valence-electron chi connectivity index (χ0n) is 19.9. The van der Waals surface area contributed by atoms with Gasteiger partial charge in [0, 0.05) is 35.0 Å². The minimum Gasteiger partial charge on any atom is -0.393 e. The number of hydrogen-bond donors (Lipinski definition) is 1. The van der Waals surface area contributed by atoms with Crippen molar-refractivity contribution >= 4 is 11.0 Å². The van der Waals surface area contributed by atoms with Gasteiger partial charge in [0.2, 0.25) is 0 Å². The molecule has 0 saturated carbocycles. The van der Waals surface area contributed by atoms with Crippen molar-refractivity contribution in [3.63, 3.8) is 0 Å². The average Bonchev–Trinajstić information content (AvgIpc) is 2.83. The molecule has 1 unspecified atom stereocenters. The molecule has 116 valence electrons. The first-order chi connectivity index (χ1) is 13.0.